The van der Waals surface area contributed by atoms with Gasteiger partial charge in [-0.1, -0.05) is 13.8 Å². The Morgan fingerprint density at radius 1 is 0.891 bits per heavy atom. The number of carbonyl (C=O) groups is 1. The zero-order chi connectivity index (χ0) is 40.3. The number of phenolic OH excluding ortho intramolecular Hbond substituents is 1. The number of methoxy groups -OCH3 is 1. The maximum Gasteiger partial charge on any atom is 0.343 e. The van der Waals surface area contributed by atoms with Crippen molar-refractivity contribution in [2.75, 3.05) is 26.9 Å². The molecule has 3 heterocycles. The molecule has 0 saturated carbocycles. The Balaban J connectivity index is 1.25. The molecule has 0 radical (unpaired) electrons. The molecule has 308 valence electrons. The molecule has 5 rings (SSSR count). The molecule has 3 aliphatic heterocycles. The van der Waals surface area contributed by atoms with Crippen LogP contribution in [0.25, 0.3) is 0 Å². The van der Waals surface area contributed by atoms with Crippen LogP contribution in [-0.2, 0) is 35.0 Å². The lowest BCUT2D eigenvalue weighted by atomic mass is 9.96. The minimum absolute atomic E-state index is 0.0946. The summed E-state index contributed by atoms with van der Waals surface area (Å²) in [5, 5.41) is 105. The molecule has 3 fully saturated rings. The zero-order valence-corrected chi connectivity index (χ0v) is 30.6. The fourth-order valence-electron chi connectivity index (χ4n) is 6.66. The van der Waals surface area contributed by atoms with Crippen LogP contribution in [-0.4, -0.2) is 158 Å². The van der Waals surface area contributed by atoms with Gasteiger partial charge in [-0.15, -0.1) is 0 Å². The molecular formula is C36H50O19. The highest BCUT2D eigenvalue weighted by Gasteiger charge is 2.50. The fraction of sp³-hybridized carbons (Fsp3) is 0.639. The number of aryl methyl sites for hydroxylation is 1. The third kappa shape index (κ3) is 9.49. The highest BCUT2D eigenvalue weighted by atomic mass is 16.7. The Bertz CT molecular complexity index is 1610. The molecule has 0 aromatic heterocycles. The first-order valence-electron chi connectivity index (χ1n) is 17.7. The van der Waals surface area contributed by atoms with E-state index in [1.807, 2.05) is 13.8 Å². The van der Waals surface area contributed by atoms with Gasteiger partial charge in [-0.2, -0.15) is 0 Å². The van der Waals surface area contributed by atoms with Crippen LogP contribution < -0.4 is 9.47 Å². The van der Waals surface area contributed by atoms with Crippen molar-refractivity contribution < 1.29 is 93.8 Å². The number of carboxylic acids is 1. The van der Waals surface area contributed by atoms with Crippen molar-refractivity contribution in [2.24, 2.45) is 5.92 Å². The molecule has 0 spiro atoms. The predicted octanol–water partition coefficient (Wildman–Crippen LogP) is -0.839. The van der Waals surface area contributed by atoms with Crippen molar-refractivity contribution in [3.05, 3.63) is 46.5 Å². The van der Waals surface area contributed by atoms with Gasteiger partial charge in [-0.05, 0) is 49.1 Å². The summed E-state index contributed by atoms with van der Waals surface area (Å²) < 4.78 is 44.7. The number of hydrogen-bond donors (Lipinski definition) is 10. The van der Waals surface area contributed by atoms with Crippen LogP contribution >= 0.6 is 0 Å². The van der Waals surface area contributed by atoms with E-state index in [4.69, 9.17) is 37.9 Å². The van der Waals surface area contributed by atoms with E-state index in [0.29, 0.717) is 12.0 Å². The van der Waals surface area contributed by atoms with E-state index in [0.717, 1.165) is 0 Å². The zero-order valence-electron chi connectivity index (χ0n) is 30.6. The maximum absolute atomic E-state index is 12.4. The van der Waals surface area contributed by atoms with E-state index in [1.165, 1.54) is 25.3 Å². The standard InChI is InChI=1S/C36H50O19/c1-14(2)7-18(38)17-5-6-21(24(33(46)47)31(17)48-4)52-30-16(8-15(3)9-19(30)39)11-49-34-27(43)26(42)23(13-51-34)54-35-29(45)32(20(40)12-50-35)55-36-28(44)25(41)22(10-37)53-36/h5-6,8-9,14,18,20,22-23,25-29,32,34-45H,7,10-13H2,1-4H3,(H,46,47)/t18-,20+,22-,23+,25+,26-,27-,28+,29+,32+,34-,35+,36+/m1/s1. The number of aromatic hydroxyl groups is 1. The lowest BCUT2D eigenvalue weighted by molar-refractivity contribution is -0.342. The van der Waals surface area contributed by atoms with Gasteiger partial charge in [0.05, 0.1) is 39.6 Å². The molecule has 3 saturated heterocycles. The Hall–Kier alpha value is -3.25. The Morgan fingerprint density at radius 3 is 2.22 bits per heavy atom. The van der Waals surface area contributed by atoms with E-state index in [1.54, 1.807) is 13.0 Å². The number of aliphatic hydroxyl groups excluding tert-OH is 8. The second-order valence-electron chi connectivity index (χ2n) is 14.1. The smallest absolute Gasteiger partial charge is 0.343 e. The third-order valence-corrected chi connectivity index (χ3v) is 9.49. The molecule has 0 amide bonds. The molecule has 55 heavy (non-hydrogen) atoms. The Kier molecular flexibility index (Phi) is 14.3. The maximum atomic E-state index is 12.4. The minimum atomic E-state index is -1.73. The van der Waals surface area contributed by atoms with Crippen LogP contribution in [0.1, 0.15) is 53.4 Å². The summed E-state index contributed by atoms with van der Waals surface area (Å²) in [6.07, 6.45) is -18.7. The van der Waals surface area contributed by atoms with E-state index >= 15 is 0 Å². The molecule has 0 unspecified atom stereocenters. The van der Waals surface area contributed by atoms with Gasteiger partial charge in [0.2, 0.25) is 0 Å². The minimum Gasteiger partial charge on any atom is -0.504 e. The van der Waals surface area contributed by atoms with Gasteiger partial charge >= 0.3 is 5.97 Å². The van der Waals surface area contributed by atoms with Crippen LogP contribution in [0.2, 0.25) is 0 Å². The number of phenols is 1. The van der Waals surface area contributed by atoms with Gasteiger partial charge < -0.3 is 89.0 Å². The summed E-state index contributed by atoms with van der Waals surface area (Å²) in [7, 11) is 1.26. The summed E-state index contributed by atoms with van der Waals surface area (Å²) in [6.45, 7) is 3.67. The average Bonchev–Trinajstić information content (AvgIpc) is 3.40. The van der Waals surface area contributed by atoms with E-state index in [9.17, 15) is 55.9 Å². The average molecular weight is 787 g/mol. The molecule has 3 aliphatic rings. The van der Waals surface area contributed by atoms with Gasteiger partial charge in [0.1, 0.15) is 72.0 Å². The van der Waals surface area contributed by atoms with Gasteiger partial charge in [0.25, 0.3) is 0 Å². The molecule has 0 bridgehead atoms. The molecular weight excluding hydrogens is 736 g/mol. The number of benzene rings is 2. The summed E-state index contributed by atoms with van der Waals surface area (Å²) in [5.74, 6) is -2.19. The second-order valence-corrected chi connectivity index (χ2v) is 14.1. The third-order valence-electron chi connectivity index (χ3n) is 9.49. The fourth-order valence-corrected chi connectivity index (χ4v) is 6.66. The molecule has 0 aliphatic carbocycles. The normalized spacial score (nSPS) is 33.1. The van der Waals surface area contributed by atoms with Crippen LogP contribution in [0.3, 0.4) is 0 Å². The lowest BCUT2D eigenvalue weighted by Crippen LogP contribution is -2.60. The Morgan fingerprint density at radius 2 is 1.58 bits per heavy atom. The molecule has 10 N–H and O–H groups in total. The monoisotopic (exact) mass is 786 g/mol. The molecule has 2 aromatic carbocycles. The number of rotatable bonds is 15. The van der Waals surface area contributed by atoms with Crippen LogP contribution in [0, 0.1) is 12.8 Å². The van der Waals surface area contributed by atoms with Gasteiger partial charge in [-0.25, -0.2) is 4.79 Å². The molecule has 19 heteroatoms. The summed E-state index contributed by atoms with van der Waals surface area (Å²) in [6, 6.07) is 5.77. The number of aromatic carboxylic acids is 1. The number of hydrogen-bond acceptors (Lipinski definition) is 18. The molecule has 19 nitrogen and oxygen atoms in total. The van der Waals surface area contributed by atoms with Crippen LogP contribution in [0.4, 0.5) is 0 Å². The van der Waals surface area contributed by atoms with Crippen molar-refractivity contribution in [2.45, 2.75) is 114 Å². The first kappa shape index (κ1) is 42.9. The highest BCUT2D eigenvalue weighted by molar-refractivity contribution is 5.95. The Labute approximate surface area is 315 Å². The van der Waals surface area contributed by atoms with Crippen molar-refractivity contribution in [1.82, 2.24) is 0 Å². The molecule has 2 aromatic rings. The first-order chi connectivity index (χ1) is 26.1. The topological polar surface area (TPSA) is 293 Å². The van der Waals surface area contributed by atoms with Gasteiger partial charge in [0, 0.05) is 11.1 Å². The van der Waals surface area contributed by atoms with E-state index in [-0.39, 0.29) is 46.6 Å². The lowest BCUT2D eigenvalue weighted by Gasteiger charge is -2.42. The van der Waals surface area contributed by atoms with E-state index < -0.39 is 111 Å². The van der Waals surface area contributed by atoms with Crippen molar-refractivity contribution in [3.63, 3.8) is 0 Å². The van der Waals surface area contributed by atoms with Crippen molar-refractivity contribution in [1.29, 1.82) is 0 Å². The van der Waals surface area contributed by atoms with Crippen LogP contribution in [0.15, 0.2) is 24.3 Å². The number of aliphatic hydroxyl groups is 8. The summed E-state index contributed by atoms with van der Waals surface area (Å²) >= 11 is 0. The summed E-state index contributed by atoms with van der Waals surface area (Å²) in [5.41, 5.74) is 0.626. The highest BCUT2D eigenvalue weighted by Crippen LogP contribution is 2.43. The SMILES string of the molecule is COc1c([C@H](O)CC(C)C)ccc(Oc2c(O)cc(C)cc2CO[C@@H]2OC[C@H](O[C@@H]3OC[C@H](O)[C@H](O[C@@H]4O[C@H](CO)[C@H](O)[C@@H]4O)[C@@H]3O)[C@@H](O)[C@H]2O)c1C(=O)O. The summed E-state index contributed by atoms with van der Waals surface area (Å²) in [4.78, 5) is 12.4. The van der Waals surface area contributed by atoms with Crippen molar-refractivity contribution in [3.8, 4) is 23.0 Å². The first-order valence-corrected chi connectivity index (χ1v) is 17.7. The number of carboxylic acid groups (broad SMARTS) is 1. The quantitative estimate of drug-likeness (QED) is 0.105. The van der Waals surface area contributed by atoms with Crippen molar-refractivity contribution >= 4 is 5.97 Å². The van der Waals surface area contributed by atoms with E-state index in [2.05, 4.69) is 0 Å². The largest absolute Gasteiger partial charge is 0.504 e. The number of ether oxygens (including phenoxy) is 8. The molecule has 13 atom stereocenters. The van der Waals surface area contributed by atoms with Gasteiger partial charge in [0.15, 0.2) is 30.4 Å². The van der Waals surface area contributed by atoms with Crippen LogP contribution in [0.5, 0.6) is 23.0 Å². The predicted molar refractivity (Wildman–Crippen MR) is 183 cm³/mol. The second kappa shape index (κ2) is 18.3. The van der Waals surface area contributed by atoms with Gasteiger partial charge in [-0.3, -0.25) is 0 Å².